The number of benzene rings is 4. The molecule has 0 aliphatic rings. The number of carboxylic acid groups (broad SMARTS) is 2. The Balaban J connectivity index is 1.51. The normalized spacial score (nSPS) is 10.5. The molecule has 0 unspecified atom stereocenters. The zero-order valence-corrected chi connectivity index (χ0v) is 23.5. The fourth-order valence-electron chi connectivity index (χ4n) is 4.27. The summed E-state index contributed by atoms with van der Waals surface area (Å²) in [6, 6.07) is 27.7. The average Bonchev–Trinajstić information content (AvgIpc) is 3.02. The zero-order chi connectivity index (χ0) is 30.4. The predicted molar refractivity (Wildman–Crippen MR) is 162 cm³/mol. The van der Waals surface area contributed by atoms with Gasteiger partial charge in [-0.05, 0) is 73.7 Å². The zero-order valence-electron chi connectivity index (χ0n) is 23.5. The summed E-state index contributed by atoms with van der Waals surface area (Å²) in [5, 5.41) is 21.7. The molecule has 4 aromatic carbocycles. The highest BCUT2D eigenvalue weighted by Gasteiger charge is 2.22. The van der Waals surface area contributed by atoms with Gasteiger partial charge in [0.1, 0.15) is 5.75 Å². The molecule has 9 nitrogen and oxygen atoms in total. The molecule has 0 aliphatic heterocycles. The van der Waals surface area contributed by atoms with Crippen molar-refractivity contribution in [3.05, 3.63) is 119 Å². The quantitative estimate of drug-likeness (QED) is 0.126. The number of amides is 1. The standard InChI is InChI=1S/C34H33NO8/c36-32(35-27-15-9-14-25(21-27)33(37)38)29-22-26(34(39)40)23-30(42-20-10-13-24-11-3-1-4-12-24)31(29)43-19-8-7-18-41-28-16-5-2-6-17-28/h1-6,9,11-12,14-17,21-23H,7-8,10,13,18-20H2,(H,35,36)(H,37,38)(H,39,40). The van der Waals surface area contributed by atoms with E-state index in [2.05, 4.69) is 5.32 Å². The van der Waals surface area contributed by atoms with E-state index in [4.69, 9.17) is 14.2 Å². The molecule has 0 aliphatic carbocycles. The number of hydrogen-bond donors (Lipinski definition) is 3. The van der Waals surface area contributed by atoms with Crippen LogP contribution in [0.25, 0.3) is 0 Å². The van der Waals surface area contributed by atoms with Crippen LogP contribution >= 0.6 is 0 Å². The van der Waals surface area contributed by atoms with Crippen molar-refractivity contribution in [1.29, 1.82) is 0 Å². The van der Waals surface area contributed by atoms with Gasteiger partial charge in [0.05, 0.1) is 36.5 Å². The second-order valence-corrected chi connectivity index (χ2v) is 9.65. The molecule has 4 rings (SSSR count). The van der Waals surface area contributed by atoms with Crippen LogP contribution in [0.2, 0.25) is 0 Å². The first kappa shape index (κ1) is 30.6. The maximum atomic E-state index is 13.4. The first-order chi connectivity index (χ1) is 20.9. The first-order valence-corrected chi connectivity index (χ1v) is 13.9. The van der Waals surface area contributed by atoms with E-state index < -0.39 is 17.8 Å². The third-order valence-corrected chi connectivity index (χ3v) is 6.42. The lowest BCUT2D eigenvalue weighted by molar-refractivity contribution is 0.0685. The van der Waals surface area contributed by atoms with E-state index in [1.165, 1.54) is 30.3 Å². The first-order valence-electron chi connectivity index (χ1n) is 13.9. The van der Waals surface area contributed by atoms with E-state index in [-0.39, 0.29) is 47.1 Å². The molecule has 3 N–H and O–H groups in total. The van der Waals surface area contributed by atoms with Crippen LogP contribution in [0.5, 0.6) is 17.2 Å². The number of nitrogens with one attached hydrogen (secondary N) is 1. The summed E-state index contributed by atoms with van der Waals surface area (Å²) in [7, 11) is 0. The smallest absolute Gasteiger partial charge is 0.335 e. The van der Waals surface area contributed by atoms with Gasteiger partial charge in [0.25, 0.3) is 5.91 Å². The van der Waals surface area contributed by atoms with E-state index in [0.29, 0.717) is 25.9 Å². The Bertz CT molecular complexity index is 1520. The number of hydrogen-bond acceptors (Lipinski definition) is 6. The highest BCUT2D eigenvalue weighted by molar-refractivity contribution is 6.08. The number of carbonyl (C=O) groups is 3. The van der Waals surface area contributed by atoms with Crippen molar-refractivity contribution in [2.75, 3.05) is 25.1 Å². The molecular formula is C34H33NO8. The lowest BCUT2D eigenvalue weighted by Crippen LogP contribution is -2.17. The number of carbonyl (C=O) groups excluding carboxylic acids is 1. The van der Waals surface area contributed by atoms with E-state index in [9.17, 15) is 24.6 Å². The van der Waals surface area contributed by atoms with Crippen LogP contribution in [-0.4, -0.2) is 47.9 Å². The number of aromatic carboxylic acids is 2. The van der Waals surface area contributed by atoms with Gasteiger partial charge in [0.2, 0.25) is 0 Å². The number of unbranched alkanes of at least 4 members (excludes halogenated alkanes) is 1. The Labute approximate surface area is 249 Å². The highest BCUT2D eigenvalue weighted by atomic mass is 16.5. The lowest BCUT2D eigenvalue weighted by Gasteiger charge is -2.18. The number of aryl methyl sites for hydroxylation is 1. The third kappa shape index (κ3) is 9.36. The lowest BCUT2D eigenvalue weighted by atomic mass is 10.1. The Kier molecular flexibility index (Phi) is 11.1. The summed E-state index contributed by atoms with van der Waals surface area (Å²) in [5.41, 5.74) is 1.18. The average molecular weight is 584 g/mol. The molecule has 0 aromatic heterocycles. The van der Waals surface area contributed by atoms with Crippen LogP contribution in [0, 0.1) is 0 Å². The topological polar surface area (TPSA) is 131 Å². The monoisotopic (exact) mass is 583 g/mol. The van der Waals surface area contributed by atoms with Gasteiger partial charge in [-0.1, -0.05) is 54.6 Å². The second-order valence-electron chi connectivity index (χ2n) is 9.65. The van der Waals surface area contributed by atoms with Gasteiger partial charge in [0, 0.05) is 5.69 Å². The van der Waals surface area contributed by atoms with Crippen molar-refractivity contribution in [3.8, 4) is 17.2 Å². The molecule has 0 bridgehead atoms. The van der Waals surface area contributed by atoms with Gasteiger partial charge in [-0.3, -0.25) is 4.79 Å². The third-order valence-electron chi connectivity index (χ3n) is 6.42. The van der Waals surface area contributed by atoms with Crippen molar-refractivity contribution in [3.63, 3.8) is 0 Å². The molecule has 0 fully saturated rings. The second kappa shape index (κ2) is 15.6. The molecule has 43 heavy (non-hydrogen) atoms. The molecule has 1 amide bonds. The summed E-state index contributed by atoms with van der Waals surface area (Å²) < 4.78 is 17.8. The Hall–Kier alpha value is -5.31. The van der Waals surface area contributed by atoms with Crippen LogP contribution < -0.4 is 19.5 Å². The molecule has 0 spiro atoms. The van der Waals surface area contributed by atoms with Gasteiger partial charge >= 0.3 is 11.9 Å². The van der Waals surface area contributed by atoms with Crippen LogP contribution in [0.3, 0.4) is 0 Å². The highest BCUT2D eigenvalue weighted by Crippen LogP contribution is 2.34. The largest absolute Gasteiger partial charge is 0.494 e. The molecule has 0 saturated heterocycles. The molecular weight excluding hydrogens is 550 g/mol. The molecule has 0 heterocycles. The maximum absolute atomic E-state index is 13.4. The Morgan fingerprint density at radius 3 is 1.98 bits per heavy atom. The number of carboxylic acids is 2. The van der Waals surface area contributed by atoms with Gasteiger partial charge in [-0.15, -0.1) is 0 Å². The summed E-state index contributed by atoms with van der Waals surface area (Å²) in [6.45, 7) is 0.960. The van der Waals surface area contributed by atoms with E-state index in [1.54, 1.807) is 6.07 Å². The van der Waals surface area contributed by atoms with Gasteiger partial charge < -0.3 is 29.7 Å². The van der Waals surface area contributed by atoms with E-state index in [1.807, 2.05) is 60.7 Å². The summed E-state index contributed by atoms with van der Waals surface area (Å²) in [6.07, 6.45) is 2.69. The van der Waals surface area contributed by atoms with Crippen molar-refractivity contribution in [2.45, 2.75) is 25.7 Å². The Morgan fingerprint density at radius 1 is 0.628 bits per heavy atom. The van der Waals surface area contributed by atoms with Gasteiger partial charge in [0.15, 0.2) is 11.5 Å². The van der Waals surface area contributed by atoms with Crippen LogP contribution in [-0.2, 0) is 6.42 Å². The molecule has 0 atom stereocenters. The van der Waals surface area contributed by atoms with Crippen LogP contribution in [0.15, 0.2) is 97.1 Å². The summed E-state index contributed by atoms with van der Waals surface area (Å²) in [4.78, 5) is 36.8. The number of rotatable bonds is 16. The van der Waals surface area contributed by atoms with E-state index in [0.717, 1.165) is 17.7 Å². The van der Waals surface area contributed by atoms with Gasteiger partial charge in [-0.2, -0.15) is 0 Å². The minimum atomic E-state index is -1.24. The summed E-state index contributed by atoms with van der Waals surface area (Å²) in [5.74, 6) is -2.03. The van der Waals surface area contributed by atoms with Crippen molar-refractivity contribution in [1.82, 2.24) is 0 Å². The molecule has 0 saturated carbocycles. The number of para-hydroxylation sites is 1. The summed E-state index contributed by atoms with van der Waals surface area (Å²) >= 11 is 0. The number of ether oxygens (including phenoxy) is 3. The molecule has 4 aromatic rings. The van der Waals surface area contributed by atoms with Crippen molar-refractivity contribution >= 4 is 23.5 Å². The van der Waals surface area contributed by atoms with Crippen LogP contribution in [0.4, 0.5) is 5.69 Å². The fraction of sp³-hybridized carbons (Fsp3) is 0.206. The number of anilines is 1. The minimum Gasteiger partial charge on any atom is -0.494 e. The predicted octanol–water partition coefficient (Wildman–Crippen LogP) is 6.58. The fourth-order valence-corrected chi connectivity index (χ4v) is 4.27. The molecule has 9 heteroatoms. The molecule has 0 radical (unpaired) electrons. The van der Waals surface area contributed by atoms with Crippen molar-refractivity contribution in [2.24, 2.45) is 0 Å². The van der Waals surface area contributed by atoms with Crippen LogP contribution in [0.1, 0.15) is 55.9 Å². The van der Waals surface area contributed by atoms with Gasteiger partial charge in [-0.25, -0.2) is 9.59 Å². The minimum absolute atomic E-state index is 0.00581. The van der Waals surface area contributed by atoms with E-state index >= 15 is 0 Å². The SMILES string of the molecule is O=C(O)c1cccc(NC(=O)c2cc(C(=O)O)cc(OCCCc3ccccc3)c2OCCCCOc2ccccc2)c1. The molecule has 222 valence electrons. The van der Waals surface area contributed by atoms with Crippen molar-refractivity contribution < 1.29 is 38.8 Å². The Morgan fingerprint density at radius 2 is 1.28 bits per heavy atom. The maximum Gasteiger partial charge on any atom is 0.335 e.